The highest BCUT2D eigenvalue weighted by molar-refractivity contribution is 5.94. The average Bonchev–Trinajstić information content (AvgIpc) is 3.14. The van der Waals surface area contributed by atoms with Crippen LogP contribution < -0.4 is 10.1 Å². The van der Waals surface area contributed by atoms with Crippen molar-refractivity contribution in [2.45, 2.75) is 19.9 Å². The average molecular weight is 379 g/mol. The molecule has 3 heterocycles. The molecule has 0 fully saturated rings. The number of aromatic nitrogens is 6. The maximum atomic E-state index is 13.4. The summed E-state index contributed by atoms with van der Waals surface area (Å²) in [6.45, 7) is 3.86. The molecule has 1 atom stereocenters. The van der Waals surface area contributed by atoms with Crippen LogP contribution in [0.5, 0.6) is 5.75 Å². The highest BCUT2D eigenvalue weighted by Gasteiger charge is 2.15. The summed E-state index contributed by atoms with van der Waals surface area (Å²) < 4.78 is 20.3. The van der Waals surface area contributed by atoms with Gasteiger partial charge in [0.05, 0.1) is 30.2 Å². The van der Waals surface area contributed by atoms with Crippen molar-refractivity contribution in [1.82, 2.24) is 29.9 Å². The summed E-state index contributed by atoms with van der Waals surface area (Å²) in [6, 6.07) is 8.56. The Labute approximate surface area is 160 Å². The number of benzene rings is 1. The van der Waals surface area contributed by atoms with Crippen molar-refractivity contribution >= 4 is 16.7 Å². The number of aryl methyl sites for hydroxylation is 1. The van der Waals surface area contributed by atoms with Crippen molar-refractivity contribution in [3.05, 3.63) is 60.2 Å². The molecule has 0 aliphatic rings. The summed E-state index contributed by atoms with van der Waals surface area (Å²) in [6.07, 6.45) is 3.01. The minimum atomic E-state index is -0.562. The van der Waals surface area contributed by atoms with Crippen molar-refractivity contribution in [2.75, 3.05) is 12.4 Å². The van der Waals surface area contributed by atoms with Crippen LogP contribution in [0.15, 0.2) is 42.9 Å². The smallest absolute Gasteiger partial charge is 0.233 e. The quantitative estimate of drug-likeness (QED) is 0.569. The lowest BCUT2D eigenvalue weighted by Gasteiger charge is -2.16. The topological polar surface area (TPSA) is 90.6 Å². The van der Waals surface area contributed by atoms with Gasteiger partial charge in [0, 0.05) is 23.7 Å². The first-order chi connectivity index (χ1) is 13.5. The van der Waals surface area contributed by atoms with E-state index in [-0.39, 0.29) is 6.04 Å². The Morgan fingerprint density at radius 3 is 2.68 bits per heavy atom. The number of nitrogens with zero attached hydrogens (tertiary/aromatic N) is 6. The lowest BCUT2D eigenvalue weighted by Crippen LogP contribution is -2.11. The van der Waals surface area contributed by atoms with E-state index in [2.05, 4.69) is 30.6 Å². The van der Waals surface area contributed by atoms with E-state index in [0.29, 0.717) is 22.8 Å². The lowest BCUT2D eigenvalue weighted by molar-refractivity contribution is 0.418. The van der Waals surface area contributed by atoms with E-state index >= 15 is 0 Å². The van der Waals surface area contributed by atoms with Crippen molar-refractivity contribution in [3.63, 3.8) is 0 Å². The molecule has 0 radical (unpaired) electrons. The van der Waals surface area contributed by atoms with E-state index in [4.69, 9.17) is 4.74 Å². The first-order valence-electron chi connectivity index (χ1n) is 8.66. The van der Waals surface area contributed by atoms with Crippen LogP contribution in [0, 0.1) is 12.9 Å². The molecule has 28 heavy (non-hydrogen) atoms. The number of halogens is 1. The van der Waals surface area contributed by atoms with Gasteiger partial charge in [-0.2, -0.15) is 14.6 Å². The maximum Gasteiger partial charge on any atom is 0.233 e. The Bertz CT molecular complexity index is 1130. The molecule has 0 bridgehead atoms. The van der Waals surface area contributed by atoms with Gasteiger partial charge in [0.15, 0.2) is 0 Å². The van der Waals surface area contributed by atoms with E-state index in [9.17, 15) is 4.39 Å². The maximum absolute atomic E-state index is 13.4. The first kappa shape index (κ1) is 17.8. The van der Waals surface area contributed by atoms with Crippen LogP contribution >= 0.6 is 0 Å². The number of anilines is 1. The SMILES string of the molecule is COc1cc(-n2ccc(F)n2)cc2c(N[C@H](C)c3ccc(C)nn3)ncnc12. The number of ether oxygens (including phenoxy) is 1. The summed E-state index contributed by atoms with van der Waals surface area (Å²) in [5, 5.41) is 16.2. The van der Waals surface area contributed by atoms with Crippen LogP contribution in [-0.2, 0) is 0 Å². The van der Waals surface area contributed by atoms with Gasteiger partial charge >= 0.3 is 0 Å². The second kappa shape index (κ2) is 7.18. The second-order valence-corrected chi connectivity index (χ2v) is 6.32. The van der Waals surface area contributed by atoms with Gasteiger partial charge in [0.2, 0.25) is 5.95 Å². The number of hydrogen-bond acceptors (Lipinski definition) is 7. The summed E-state index contributed by atoms with van der Waals surface area (Å²) in [7, 11) is 1.56. The predicted octanol–water partition coefficient (Wildman–Crippen LogP) is 3.23. The lowest BCUT2D eigenvalue weighted by atomic mass is 10.1. The van der Waals surface area contributed by atoms with Gasteiger partial charge in [0.1, 0.15) is 23.4 Å². The van der Waals surface area contributed by atoms with Crippen LogP contribution in [0.4, 0.5) is 10.2 Å². The van der Waals surface area contributed by atoms with Crippen molar-refractivity contribution < 1.29 is 9.13 Å². The number of fused-ring (bicyclic) bond motifs is 1. The van der Waals surface area contributed by atoms with Gasteiger partial charge in [-0.15, -0.1) is 5.10 Å². The van der Waals surface area contributed by atoms with E-state index < -0.39 is 5.95 Å². The molecule has 0 unspecified atom stereocenters. The molecule has 1 N–H and O–H groups in total. The minimum absolute atomic E-state index is 0.136. The third-order valence-corrected chi connectivity index (χ3v) is 4.34. The summed E-state index contributed by atoms with van der Waals surface area (Å²) in [4.78, 5) is 8.71. The van der Waals surface area contributed by atoms with E-state index in [1.165, 1.54) is 23.3 Å². The fourth-order valence-corrected chi connectivity index (χ4v) is 2.89. The Morgan fingerprint density at radius 2 is 2.00 bits per heavy atom. The van der Waals surface area contributed by atoms with Gasteiger partial charge in [-0.05, 0) is 32.0 Å². The first-order valence-corrected chi connectivity index (χ1v) is 8.66. The molecule has 0 spiro atoms. The largest absolute Gasteiger partial charge is 0.494 e. The molecule has 0 aliphatic carbocycles. The summed E-state index contributed by atoms with van der Waals surface area (Å²) in [5.74, 6) is 0.581. The highest BCUT2D eigenvalue weighted by Crippen LogP contribution is 2.32. The Hall–Kier alpha value is -3.62. The fourth-order valence-electron chi connectivity index (χ4n) is 2.89. The third-order valence-electron chi connectivity index (χ3n) is 4.34. The molecule has 4 rings (SSSR count). The minimum Gasteiger partial charge on any atom is -0.494 e. The monoisotopic (exact) mass is 379 g/mol. The molecule has 8 nitrogen and oxygen atoms in total. The number of methoxy groups -OCH3 is 1. The van der Waals surface area contributed by atoms with Gasteiger partial charge in [-0.1, -0.05) is 0 Å². The van der Waals surface area contributed by atoms with Crippen molar-refractivity contribution in [3.8, 4) is 11.4 Å². The Morgan fingerprint density at radius 1 is 1.14 bits per heavy atom. The molecular formula is C19H18FN7O. The standard InChI is InChI=1S/C19H18FN7O/c1-11-4-5-15(25-24-11)12(2)23-19-14-8-13(27-7-6-17(20)26-27)9-16(28-3)18(14)21-10-22-19/h4-10,12H,1-3H3,(H,21,22,23)/t12-/m1/s1. The van der Waals surface area contributed by atoms with Crippen LogP contribution in [0.2, 0.25) is 0 Å². The molecule has 0 aliphatic heterocycles. The van der Waals surface area contributed by atoms with Crippen molar-refractivity contribution in [2.24, 2.45) is 0 Å². The number of hydrogen-bond donors (Lipinski definition) is 1. The van der Waals surface area contributed by atoms with Crippen LogP contribution in [0.1, 0.15) is 24.4 Å². The zero-order valence-electron chi connectivity index (χ0n) is 15.6. The highest BCUT2D eigenvalue weighted by atomic mass is 19.1. The molecule has 0 saturated carbocycles. The van der Waals surface area contributed by atoms with Gasteiger partial charge in [0.25, 0.3) is 0 Å². The molecule has 3 aromatic heterocycles. The molecule has 9 heteroatoms. The van der Waals surface area contributed by atoms with E-state index in [1.807, 2.05) is 32.0 Å². The van der Waals surface area contributed by atoms with E-state index in [1.54, 1.807) is 13.2 Å². The molecule has 4 aromatic rings. The molecular weight excluding hydrogens is 361 g/mol. The second-order valence-electron chi connectivity index (χ2n) is 6.32. The van der Waals surface area contributed by atoms with Gasteiger partial charge in [-0.3, -0.25) is 0 Å². The predicted molar refractivity (Wildman–Crippen MR) is 102 cm³/mol. The summed E-state index contributed by atoms with van der Waals surface area (Å²) >= 11 is 0. The zero-order chi connectivity index (χ0) is 19.7. The van der Waals surface area contributed by atoms with Crippen LogP contribution in [0.3, 0.4) is 0 Å². The normalized spacial score (nSPS) is 12.1. The van der Waals surface area contributed by atoms with Crippen LogP contribution in [0.25, 0.3) is 16.6 Å². The van der Waals surface area contributed by atoms with Gasteiger partial charge in [-0.25, -0.2) is 14.6 Å². The van der Waals surface area contributed by atoms with Crippen LogP contribution in [-0.4, -0.2) is 37.1 Å². The number of rotatable bonds is 5. The van der Waals surface area contributed by atoms with E-state index in [0.717, 1.165) is 16.8 Å². The zero-order valence-corrected chi connectivity index (χ0v) is 15.6. The molecule has 142 valence electrons. The molecule has 0 saturated heterocycles. The Kier molecular flexibility index (Phi) is 4.56. The van der Waals surface area contributed by atoms with Crippen molar-refractivity contribution in [1.29, 1.82) is 0 Å². The Balaban J connectivity index is 1.78. The molecule has 0 amide bonds. The molecule has 1 aromatic carbocycles. The third kappa shape index (κ3) is 3.34. The summed E-state index contributed by atoms with van der Waals surface area (Å²) in [5.41, 5.74) is 2.91. The number of nitrogens with one attached hydrogen (secondary N) is 1. The van der Waals surface area contributed by atoms with Gasteiger partial charge < -0.3 is 10.1 Å². The fraction of sp³-hybridized carbons (Fsp3) is 0.211.